The number of alkyl halides is 3. The molecular formula is C19H19Cl3F3N5O. The fraction of sp³-hybridized carbons (Fsp3) is 0.263. The van der Waals surface area contributed by atoms with Crippen molar-refractivity contribution in [2.24, 2.45) is 22.4 Å². The highest BCUT2D eigenvalue weighted by Gasteiger charge is 2.42. The number of carbonyl (C=O) groups excluding carboxylic acids is 1. The molecule has 6 nitrogen and oxygen atoms in total. The van der Waals surface area contributed by atoms with Crippen molar-refractivity contribution in [3.05, 3.63) is 63.1 Å². The predicted molar refractivity (Wildman–Crippen MR) is 118 cm³/mol. The lowest BCUT2D eigenvalue weighted by Crippen LogP contribution is -2.56. The van der Waals surface area contributed by atoms with Gasteiger partial charge in [0, 0.05) is 21.7 Å². The zero-order valence-electron chi connectivity index (χ0n) is 16.1. The van der Waals surface area contributed by atoms with E-state index in [1.807, 2.05) is 0 Å². The lowest BCUT2D eigenvalue weighted by molar-refractivity contribution is -0.159. The van der Waals surface area contributed by atoms with Crippen LogP contribution in [-0.2, 0) is 0 Å². The maximum absolute atomic E-state index is 12.9. The SMILES string of the molecule is CC(C(N)N/C(=N\C(=O)c1ccc(Cl)cc1Cl)Nc1cccc(Cl)c1)C(N)C(F)(F)F. The van der Waals surface area contributed by atoms with Gasteiger partial charge in [0.15, 0.2) is 0 Å². The lowest BCUT2D eigenvalue weighted by Gasteiger charge is -2.29. The number of nitrogens with zero attached hydrogens (tertiary/aromatic N) is 1. The summed E-state index contributed by atoms with van der Waals surface area (Å²) in [7, 11) is 0. The molecule has 0 bridgehead atoms. The van der Waals surface area contributed by atoms with Crippen molar-refractivity contribution in [1.29, 1.82) is 0 Å². The van der Waals surface area contributed by atoms with Gasteiger partial charge < -0.3 is 22.1 Å². The number of nitrogens with one attached hydrogen (secondary N) is 2. The smallest absolute Gasteiger partial charge is 0.340 e. The Morgan fingerprint density at radius 1 is 1.06 bits per heavy atom. The van der Waals surface area contributed by atoms with E-state index in [2.05, 4.69) is 15.6 Å². The topological polar surface area (TPSA) is 106 Å². The number of aliphatic imine (C=N–C) groups is 1. The highest BCUT2D eigenvalue weighted by molar-refractivity contribution is 6.37. The van der Waals surface area contributed by atoms with Gasteiger partial charge in [0.2, 0.25) is 5.96 Å². The average molecular weight is 497 g/mol. The van der Waals surface area contributed by atoms with Gasteiger partial charge >= 0.3 is 6.18 Å². The number of nitrogens with two attached hydrogens (primary N) is 2. The number of guanidine groups is 1. The molecule has 3 unspecified atom stereocenters. The van der Waals surface area contributed by atoms with Crippen LogP contribution in [-0.4, -0.2) is 30.3 Å². The monoisotopic (exact) mass is 495 g/mol. The van der Waals surface area contributed by atoms with E-state index >= 15 is 0 Å². The summed E-state index contributed by atoms with van der Waals surface area (Å²) in [5.74, 6) is -2.24. The fourth-order valence-corrected chi connectivity index (χ4v) is 3.11. The summed E-state index contributed by atoms with van der Waals surface area (Å²) in [6.07, 6.45) is -5.95. The van der Waals surface area contributed by atoms with Gasteiger partial charge in [0.1, 0.15) is 6.04 Å². The van der Waals surface area contributed by atoms with Crippen LogP contribution in [0.1, 0.15) is 17.3 Å². The standard InChI is InChI=1S/C19H19Cl3F3N5O/c1-9(15(26)19(23,24)25)16(27)29-18(28-12-4-2-3-10(20)7-12)30-17(31)13-6-5-11(21)8-14(13)22/h2-9,15-16H,26-27H2,1H3,(H2,28,29,30,31). The van der Waals surface area contributed by atoms with E-state index in [0.29, 0.717) is 15.7 Å². The van der Waals surface area contributed by atoms with Crippen LogP contribution < -0.4 is 22.1 Å². The lowest BCUT2D eigenvalue weighted by atomic mass is 9.99. The van der Waals surface area contributed by atoms with E-state index in [9.17, 15) is 18.0 Å². The van der Waals surface area contributed by atoms with Crippen LogP contribution in [0.3, 0.4) is 0 Å². The number of anilines is 1. The Labute approximate surface area is 191 Å². The highest BCUT2D eigenvalue weighted by atomic mass is 35.5. The minimum atomic E-state index is -4.65. The first-order chi connectivity index (χ1) is 14.4. The Bertz CT molecular complexity index is 971. The van der Waals surface area contributed by atoms with Gasteiger partial charge in [-0.15, -0.1) is 0 Å². The summed E-state index contributed by atoms with van der Waals surface area (Å²) in [6.45, 7) is 1.23. The minimum absolute atomic E-state index is 0.0341. The quantitative estimate of drug-likeness (QED) is 0.274. The Hall–Kier alpha value is -2.04. The number of hydrogen-bond acceptors (Lipinski definition) is 3. The number of benzene rings is 2. The molecule has 6 N–H and O–H groups in total. The first kappa shape index (κ1) is 25.2. The Balaban J connectivity index is 2.33. The van der Waals surface area contributed by atoms with Gasteiger partial charge in [0.25, 0.3) is 5.91 Å². The molecule has 0 fully saturated rings. The molecule has 0 aliphatic heterocycles. The molecule has 0 saturated heterocycles. The molecule has 12 heteroatoms. The number of amides is 1. The molecule has 31 heavy (non-hydrogen) atoms. The van der Waals surface area contributed by atoms with Gasteiger partial charge in [-0.1, -0.05) is 47.8 Å². The Kier molecular flexibility index (Phi) is 8.56. The van der Waals surface area contributed by atoms with Crippen LogP contribution >= 0.6 is 34.8 Å². The Morgan fingerprint density at radius 2 is 1.71 bits per heavy atom. The number of hydrogen-bond donors (Lipinski definition) is 4. The van der Waals surface area contributed by atoms with E-state index in [1.165, 1.54) is 31.2 Å². The second kappa shape index (κ2) is 10.5. The second-order valence-electron chi connectivity index (χ2n) is 6.62. The van der Waals surface area contributed by atoms with Crippen molar-refractivity contribution >= 4 is 52.4 Å². The molecule has 2 aromatic carbocycles. The van der Waals surface area contributed by atoms with E-state index < -0.39 is 30.2 Å². The number of rotatable bonds is 5. The number of halogens is 6. The minimum Gasteiger partial charge on any atom is -0.340 e. The molecule has 2 rings (SSSR count). The third-order valence-corrected chi connectivity index (χ3v) is 5.06. The molecule has 0 spiro atoms. The van der Waals surface area contributed by atoms with Crippen molar-refractivity contribution < 1.29 is 18.0 Å². The molecule has 1 amide bonds. The second-order valence-corrected chi connectivity index (χ2v) is 7.90. The van der Waals surface area contributed by atoms with E-state index in [4.69, 9.17) is 46.3 Å². The van der Waals surface area contributed by atoms with Crippen molar-refractivity contribution in [2.75, 3.05) is 5.32 Å². The molecule has 0 heterocycles. The van der Waals surface area contributed by atoms with E-state index in [0.717, 1.165) is 0 Å². The van der Waals surface area contributed by atoms with Crippen molar-refractivity contribution in [2.45, 2.75) is 25.3 Å². The van der Waals surface area contributed by atoms with E-state index in [1.54, 1.807) is 18.2 Å². The van der Waals surface area contributed by atoms with Crippen molar-refractivity contribution in [1.82, 2.24) is 5.32 Å². The van der Waals surface area contributed by atoms with Crippen molar-refractivity contribution in [3.63, 3.8) is 0 Å². The molecule has 0 aromatic heterocycles. The van der Waals surface area contributed by atoms with Crippen LogP contribution in [0.2, 0.25) is 15.1 Å². The maximum atomic E-state index is 12.9. The number of carbonyl (C=O) groups is 1. The average Bonchev–Trinajstić information content (AvgIpc) is 2.65. The summed E-state index contributed by atoms with van der Waals surface area (Å²) in [6, 6.07) is 8.37. The Morgan fingerprint density at radius 3 is 2.29 bits per heavy atom. The van der Waals surface area contributed by atoms with Gasteiger partial charge in [-0.2, -0.15) is 18.2 Å². The van der Waals surface area contributed by atoms with Crippen molar-refractivity contribution in [3.8, 4) is 0 Å². The van der Waals surface area contributed by atoms with Crippen LogP contribution in [0.25, 0.3) is 0 Å². The van der Waals surface area contributed by atoms with Crippen LogP contribution in [0.5, 0.6) is 0 Å². The summed E-state index contributed by atoms with van der Waals surface area (Å²) in [5.41, 5.74) is 11.6. The van der Waals surface area contributed by atoms with Crippen LogP contribution in [0.4, 0.5) is 18.9 Å². The molecule has 0 radical (unpaired) electrons. The van der Waals surface area contributed by atoms with Gasteiger partial charge in [-0.05, 0) is 36.4 Å². The normalized spacial score (nSPS) is 15.2. The zero-order valence-corrected chi connectivity index (χ0v) is 18.3. The summed E-state index contributed by atoms with van der Waals surface area (Å²) >= 11 is 17.8. The first-order valence-corrected chi connectivity index (χ1v) is 9.97. The van der Waals surface area contributed by atoms with Gasteiger partial charge in [-0.3, -0.25) is 4.79 Å². The van der Waals surface area contributed by atoms with E-state index in [-0.39, 0.29) is 16.5 Å². The maximum Gasteiger partial charge on any atom is 0.404 e. The molecule has 0 saturated carbocycles. The summed E-state index contributed by atoms with van der Waals surface area (Å²) in [4.78, 5) is 16.5. The van der Waals surface area contributed by atoms with Gasteiger partial charge in [0.05, 0.1) is 16.8 Å². The molecule has 0 aliphatic rings. The van der Waals surface area contributed by atoms with Crippen LogP contribution in [0, 0.1) is 5.92 Å². The molecule has 3 atom stereocenters. The predicted octanol–water partition coefficient (Wildman–Crippen LogP) is 4.66. The summed E-state index contributed by atoms with van der Waals surface area (Å²) in [5, 5.41) is 6.11. The van der Waals surface area contributed by atoms with Crippen LogP contribution in [0.15, 0.2) is 47.5 Å². The molecule has 2 aromatic rings. The largest absolute Gasteiger partial charge is 0.404 e. The highest BCUT2D eigenvalue weighted by Crippen LogP contribution is 2.25. The molecular weight excluding hydrogens is 478 g/mol. The molecule has 168 valence electrons. The van der Waals surface area contributed by atoms with Gasteiger partial charge in [-0.25, -0.2) is 0 Å². The zero-order chi connectivity index (χ0) is 23.3. The fourth-order valence-electron chi connectivity index (χ4n) is 2.43. The summed E-state index contributed by atoms with van der Waals surface area (Å²) < 4.78 is 38.8. The first-order valence-electron chi connectivity index (χ1n) is 8.83. The third-order valence-electron chi connectivity index (χ3n) is 4.28. The molecule has 0 aliphatic carbocycles. The third kappa shape index (κ3) is 7.26.